The van der Waals surface area contributed by atoms with E-state index in [1.807, 2.05) is 48.7 Å². The van der Waals surface area contributed by atoms with Crippen LogP contribution in [-0.2, 0) is 11.2 Å². The lowest BCUT2D eigenvalue weighted by Crippen LogP contribution is -2.40. The molecule has 0 aliphatic carbocycles. The summed E-state index contributed by atoms with van der Waals surface area (Å²) in [5, 5.41) is 3.78. The van der Waals surface area contributed by atoms with Crippen molar-refractivity contribution in [3.8, 4) is 0 Å². The number of carbonyl (C=O) groups excluding carboxylic acids is 1. The van der Waals surface area contributed by atoms with Crippen molar-refractivity contribution >= 4 is 23.3 Å². The number of pyridine rings is 1. The SMILES string of the molecule is O=C(CCc1cccc(Cl)c1)NC[C@@H]1CCCN1c1ccccn1. The standard InChI is InChI=1S/C19H22ClN3O/c20-16-6-3-5-15(13-16)9-10-19(24)22-14-17-7-4-12-23(17)18-8-1-2-11-21-18/h1-3,5-6,8,11,13,17H,4,7,9-10,12,14H2,(H,22,24)/t17-/m0/s1. The molecule has 1 aromatic heterocycles. The van der Waals surface area contributed by atoms with Crippen molar-refractivity contribution in [3.63, 3.8) is 0 Å². The molecule has 1 fully saturated rings. The molecule has 2 heterocycles. The number of amides is 1. The van der Waals surface area contributed by atoms with Crippen molar-refractivity contribution in [2.45, 2.75) is 31.7 Å². The number of halogens is 1. The maximum atomic E-state index is 12.1. The number of rotatable bonds is 6. The molecule has 1 amide bonds. The quantitative estimate of drug-likeness (QED) is 0.873. The van der Waals surface area contributed by atoms with Crippen LogP contribution < -0.4 is 10.2 Å². The predicted molar refractivity (Wildman–Crippen MR) is 97.4 cm³/mol. The molecule has 24 heavy (non-hydrogen) atoms. The van der Waals surface area contributed by atoms with E-state index >= 15 is 0 Å². The Morgan fingerprint density at radius 3 is 3.00 bits per heavy atom. The summed E-state index contributed by atoms with van der Waals surface area (Å²) in [6, 6.07) is 14.0. The van der Waals surface area contributed by atoms with Gasteiger partial charge in [-0.25, -0.2) is 4.98 Å². The molecule has 0 saturated carbocycles. The Kier molecular flexibility index (Phi) is 5.70. The molecule has 0 spiro atoms. The molecule has 3 rings (SSSR count). The van der Waals surface area contributed by atoms with Crippen molar-refractivity contribution in [2.75, 3.05) is 18.0 Å². The first-order valence-electron chi connectivity index (χ1n) is 8.41. The van der Waals surface area contributed by atoms with Gasteiger partial charge in [0.1, 0.15) is 5.82 Å². The van der Waals surface area contributed by atoms with Crippen molar-refractivity contribution in [1.82, 2.24) is 10.3 Å². The lowest BCUT2D eigenvalue weighted by molar-refractivity contribution is -0.121. The van der Waals surface area contributed by atoms with Crippen molar-refractivity contribution in [2.24, 2.45) is 0 Å². The summed E-state index contributed by atoms with van der Waals surface area (Å²) in [5.41, 5.74) is 1.09. The highest BCUT2D eigenvalue weighted by molar-refractivity contribution is 6.30. The summed E-state index contributed by atoms with van der Waals surface area (Å²) in [5.74, 6) is 1.08. The van der Waals surface area contributed by atoms with E-state index in [-0.39, 0.29) is 5.91 Å². The van der Waals surface area contributed by atoms with Gasteiger partial charge in [0, 0.05) is 36.8 Å². The molecule has 1 atom stereocenters. The molecule has 5 heteroatoms. The normalized spacial score (nSPS) is 17.0. The summed E-state index contributed by atoms with van der Waals surface area (Å²) >= 11 is 5.97. The van der Waals surface area contributed by atoms with E-state index in [4.69, 9.17) is 11.6 Å². The molecule has 1 aliphatic rings. The molecule has 1 aliphatic heterocycles. The van der Waals surface area contributed by atoms with E-state index in [0.717, 1.165) is 30.8 Å². The van der Waals surface area contributed by atoms with Crippen LogP contribution in [0.5, 0.6) is 0 Å². The lowest BCUT2D eigenvalue weighted by atomic mass is 10.1. The smallest absolute Gasteiger partial charge is 0.220 e. The van der Waals surface area contributed by atoms with E-state index in [1.165, 1.54) is 0 Å². The largest absolute Gasteiger partial charge is 0.354 e. The molecule has 1 N–H and O–H groups in total. The minimum atomic E-state index is 0.0860. The molecule has 1 saturated heterocycles. The van der Waals surface area contributed by atoms with Crippen molar-refractivity contribution in [3.05, 3.63) is 59.2 Å². The summed E-state index contributed by atoms with van der Waals surface area (Å²) in [7, 11) is 0. The Morgan fingerprint density at radius 1 is 1.29 bits per heavy atom. The van der Waals surface area contributed by atoms with Crippen LogP contribution in [-0.4, -0.2) is 30.0 Å². The second kappa shape index (κ2) is 8.15. The maximum Gasteiger partial charge on any atom is 0.220 e. The van der Waals surface area contributed by atoms with Crippen LogP contribution in [0, 0.1) is 0 Å². The Bertz CT molecular complexity index is 677. The third-order valence-corrected chi connectivity index (χ3v) is 4.62. The molecule has 4 nitrogen and oxygen atoms in total. The molecular formula is C19H22ClN3O. The van der Waals surface area contributed by atoms with Gasteiger partial charge in [-0.2, -0.15) is 0 Å². The van der Waals surface area contributed by atoms with Crippen LogP contribution in [0.15, 0.2) is 48.7 Å². The molecule has 0 unspecified atom stereocenters. The number of carbonyl (C=O) groups is 1. The fraction of sp³-hybridized carbons (Fsp3) is 0.368. The zero-order chi connectivity index (χ0) is 16.8. The maximum absolute atomic E-state index is 12.1. The molecular weight excluding hydrogens is 322 g/mol. The average molecular weight is 344 g/mol. The molecule has 126 valence electrons. The van der Waals surface area contributed by atoms with E-state index in [0.29, 0.717) is 30.5 Å². The van der Waals surface area contributed by atoms with Crippen LogP contribution in [0.4, 0.5) is 5.82 Å². The number of hydrogen-bond acceptors (Lipinski definition) is 3. The van der Waals surface area contributed by atoms with Crippen LogP contribution in [0.1, 0.15) is 24.8 Å². The summed E-state index contributed by atoms with van der Waals surface area (Å²) < 4.78 is 0. The predicted octanol–water partition coefficient (Wildman–Crippen LogP) is 3.45. The third kappa shape index (κ3) is 4.48. The minimum Gasteiger partial charge on any atom is -0.354 e. The number of nitrogens with one attached hydrogen (secondary N) is 1. The number of aromatic nitrogens is 1. The van der Waals surface area contributed by atoms with Gasteiger partial charge in [0.25, 0.3) is 0 Å². The van der Waals surface area contributed by atoms with Gasteiger partial charge in [0.05, 0.1) is 0 Å². The number of benzene rings is 1. The number of anilines is 1. The van der Waals surface area contributed by atoms with Gasteiger partial charge in [-0.15, -0.1) is 0 Å². The second-order valence-electron chi connectivity index (χ2n) is 6.11. The van der Waals surface area contributed by atoms with Gasteiger partial charge < -0.3 is 10.2 Å². The van der Waals surface area contributed by atoms with Crippen LogP contribution in [0.25, 0.3) is 0 Å². The van der Waals surface area contributed by atoms with Crippen molar-refractivity contribution < 1.29 is 4.79 Å². The Hall–Kier alpha value is -2.07. The van der Waals surface area contributed by atoms with Gasteiger partial charge in [-0.05, 0) is 49.1 Å². The zero-order valence-electron chi connectivity index (χ0n) is 13.6. The number of aryl methyl sites for hydroxylation is 1. The first-order chi connectivity index (χ1) is 11.7. The second-order valence-corrected chi connectivity index (χ2v) is 6.55. The highest BCUT2D eigenvalue weighted by Gasteiger charge is 2.25. The Labute approximate surface area is 147 Å². The van der Waals surface area contributed by atoms with E-state index in [2.05, 4.69) is 15.2 Å². The van der Waals surface area contributed by atoms with Crippen LogP contribution >= 0.6 is 11.6 Å². The number of nitrogens with zero attached hydrogens (tertiary/aromatic N) is 2. The Morgan fingerprint density at radius 2 is 2.21 bits per heavy atom. The summed E-state index contributed by atoms with van der Waals surface area (Å²) in [4.78, 5) is 18.8. The molecule has 2 aromatic rings. The van der Waals surface area contributed by atoms with Gasteiger partial charge in [0.2, 0.25) is 5.91 Å². The van der Waals surface area contributed by atoms with Gasteiger partial charge in [-0.1, -0.05) is 29.8 Å². The first kappa shape index (κ1) is 16.8. The average Bonchev–Trinajstić information content (AvgIpc) is 3.07. The van der Waals surface area contributed by atoms with Gasteiger partial charge in [0.15, 0.2) is 0 Å². The first-order valence-corrected chi connectivity index (χ1v) is 8.79. The topological polar surface area (TPSA) is 45.2 Å². The van der Waals surface area contributed by atoms with Crippen molar-refractivity contribution in [1.29, 1.82) is 0 Å². The van der Waals surface area contributed by atoms with Gasteiger partial charge >= 0.3 is 0 Å². The molecule has 0 bridgehead atoms. The lowest BCUT2D eigenvalue weighted by Gasteiger charge is -2.25. The Balaban J connectivity index is 1.47. The summed E-state index contributed by atoms with van der Waals surface area (Å²) in [6.45, 7) is 1.67. The summed E-state index contributed by atoms with van der Waals surface area (Å²) in [6.07, 6.45) is 5.23. The molecule has 0 radical (unpaired) electrons. The third-order valence-electron chi connectivity index (χ3n) is 4.39. The van der Waals surface area contributed by atoms with E-state index in [9.17, 15) is 4.79 Å². The fourth-order valence-corrected chi connectivity index (χ4v) is 3.36. The highest BCUT2D eigenvalue weighted by atomic mass is 35.5. The monoisotopic (exact) mass is 343 g/mol. The molecule has 1 aromatic carbocycles. The zero-order valence-corrected chi connectivity index (χ0v) is 14.4. The van der Waals surface area contributed by atoms with E-state index < -0.39 is 0 Å². The minimum absolute atomic E-state index is 0.0860. The number of hydrogen-bond donors (Lipinski definition) is 1. The fourth-order valence-electron chi connectivity index (χ4n) is 3.14. The van der Waals surface area contributed by atoms with Crippen LogP contribution in [0.2, 0.25) is 5.02 Å². The van der Waals surface area contributed by atoms with Crippen LogP contribution in [0.3, 0.4) is 0 Å². The van der Waals surface area contributed by atoms with Gasteiger partial charge in [-0.3, -0.25) is 4.79 Å². The highest BCUT2D eigenvalue weighted by Crippen LogP contribution is 2.22. The van der Waals surface area contributed by atoms with E-state index in [1.54, 1.807) is 0 Å².